The largest absolute Gasteiger partial charge is 0.477 e. The van der Waals surface area contributed by atoms with E-state index in [1.165, 1.54) is 23.4 Å². The number of aryl methyl sites for hydroxylation is 1. The Morgan fingerprint density at radius 2 is 2.00 bits per heavy atom. The van der Waals surface area contributed by atoms with E-state index in [1.807, 2.05) is 0 Å². The lowest BCUT2D eigenvalue weighted by atomic mass is 10.0. The average molecular weight is 581 g/mol. The van der Waals surface area contributed by atoms with E-state index in [0.717, 1.165) is 17.7 Å². The summed E-state index contributed by atoms with van der Waals surface area (Å²) in [5.41, 5.74) is -0.652. The van der Waals surface area contributed by atoms with Gasteiger partial charge in [0.05, 0.1) is 16.7 Å². The first-order valence-corrected chi connectivity index (χ1v) is 12.4. The van der Waals surface area contributed by atoms with E-state index < -0.39 is 47.0 Å². The Morgan fingerprint density at radius 3 is 2.57 bits per heavy atom. The van der Waals surface area contributed by atoms with Crippen LogP contribution in [0, 0.1) is 0 Å². The van der Waals surface area contributed by atoms with E-state index in [-0.39, 0.29) is 47.0 Å². The third-order valence-corrected chi connectivity index (χ3v) is 7.85. The molecule has 1 saturated carbocycles. The van der Waals surface area contributed by atoms with Gasteiger partial charge in [0.25, 0.3) is 5.91 Å². The predicted molar refractivity (Wildman–Crippen MR) is 118 cm³/mol. The quantitative estimate of drug-likeness (QED) is 0.353. The van der Waals surface area contributed by atoms with Gasteiger partial charge in [0.2, 0.25) is 5.91 Å². The van der Waals surface area contributed by atoms with E-state index in [4.69, 9.17) is 4.74 Å². The van der Waals surface area contributed by atoms with E-state index in [2.05, 4.69) is 26.3 Å². The Labute approximate surface area is 209 Å². The summed E-state index contributed by atoms with van der Waals surface area (Å²) in [6.07, 6.45) is -3.39. The fourth-order valence-corrected chi connectivity index (χ4v) is 6.15. The first-order chi connectivity index (χ1) is 16.4. The summed E-state index contributed by atoms with van der Waals surface area (Å²) in [5, 5.41) is 15.1. The number of esters is 1. The van der Waals surface area contributed by atoms with Gasteiger partial charge in [-0.2, -0.15) is 18.3 Å². The van der Waals surface area contributed by atoms with E-state index >= 15 is 0 Å². The van der Waals surface area contributed by atoms with Gasteiger partial charge in [0, 0.05) is 30.6 Å². The molecule has 0 aromatic carbocycles. The summed E-state index contributed by atoms with van der Waals surface area (Å²) < 4.78 is 45.7. The minimum Gasteiger partial charge on any atom is -0.477 e. The molecule has 1 aliphatic carbocycles. The van der Waals surface area contributed by atoms with Crippen molar-refractivity contribution >= 4 is 51.4 Å². The highest BCUT2D eigenvalue weighted by molar-refractivity contribution is 9.10. The lowest BCUT2D eigenvalue weighted by Gasteiger charge is -2.49. The fourth-order valence-electron chi connectivity index (χ4n) is 3.99. The molecular formula is C20H20BrF3N4O6S. The molecule has 2 aliphatic heterocycles. The standard InChI is InChI=1S/C20H20BrF3N4O6S/c1-8(29)34-6-10-7-35-18-13(17(31)28(18)15(10)19(32)33)25-11(30)4-5-27-14(9-2-3-9)12(21)16(26-27)20(22,23)24/h9,13,18H,2-7H2,1H3,(H,25,30)(H,32,33)/t13-,18-/m0/s1. The molecule has 2 atom stereocenters. The number of carbonyl (C=O) groups is 4. The van der Waals surface area contributed by atoms with E-state index in [0.29, 0.717) is 5.69 Å². The number of alkyl halides is 3. The van der Waals surface area contributed by atoms with Crippen molar-refractivity contribution in [3.05, 3.63) is 27.1 Å². The first kappa shape index (κ1) is 25.5. The first-order valence-electron chi connectivity index (χ1n) is 10.6. The number of fused-ring (bicyclic) bond motifs is 1. The number of nitrogens with zero attached hydrogens (tertiary/aromatic N) is 3. The lowest BCUT2D eigenvalue weighted by Crippen LogP contribution is -2.70. The molecule has 2 N–H and O–H groups in total. The number of ether oxygens (including phenoxy) is 1. The van der Waals surface area contributed by atoms with Gasteiger partial charge in [0.15, 0.2) is 5.69 Å². The number of β-lactam (4-membered cyclic amide) rings is 1. The molecule has 2 amide bonds. The van der Waals surface area contributed by atoms with Crippen LogP contribution in [0.15, 0.2) is 15.7 Å². The Morgan fingerprint density at radius 1 is 1.31 bits per heavy atom. The van der Waals surface area contributed by atoms with Gasteiger partial charge in [-0.3, -0.25) is 24.0 Å². The van der Waals surface area contributed by atoms with Gasteiger partial charge in [0.1, 0.15) is 23.7 Å². The van der Waals surface area contributed by atoms with Gasteiger partial charge < -0.3 is 15.2 Å². The highest BCUT2D eigenvalue weighted by Gasteiger charge is 2.54. The second-order valence-corrected chi connectivity index (χ2v) is 10.2. The van der Waals surface area contributed by atoms with Crippen LogP contribution < -0.4 is 5.32 Å². The average Bonchev–Trinajstić information content (AvgIpc) is 3.55. The topological polar surface area (TPSA) is 131 Å². The van der Waals surface area contributed by atoms with Gasteiger partial charge in [-0.15, -0.1) is 11.8 Å². The van der Waals surface area contributed by atoms with Crippen LogP contribution >= 0.6 is 27.7 Å². The van der Waals surface area contributed by atoms with Crippen LogP contribution in [0.1, 0.15) is 43.5 Å². The van der Waals surface area contributed by atoms with Crippen LogP contribution in [0.4, 0.5) is 13.2 Å². The maximum Gasteiger partial charge on any atom is 0.436 e. The number of hydrogen-bond donors (Lipinski definition) is 2. The van der Waals surface area contributed by atoms with E-state index in [1.54, 1.807) is 0 Å². The summed E-state index contributed by atoms with van der Waals surface area (Å²) in [7, 11) is 0. The molecule has 4 rings (SSSR count). The Balaban J connectivity index is 1.41. The molecule has 1 aromatic heterocycles. The summed E-state index contributed by atoms with van der Waals surface area (Å²) in [4.78, 5) is 49.0. The molecule has 190 valence electrons. The molecule has 10 nitrogen and oxygen atoms in total. The third-order valence-electron chi connectivity index (χ3n) is 5.73. The number of amides is 2. The molecule has 3 aliphatic rings. The van der Waals surface area contributed by atoms with Gasteiger partial charge >= 0.3 is 18.1 Å². The van der Waals surface area contributed by atoms with E-state index in [9.17, 15) is 37.5 Å². The van der Waals surface area contributed by atoms with Crippen molar-refractivity contribution in [2.24, 2.45) is 0 Å². The van der Waals surface area contributed by atoms with Crippen molar-refractivity contribution in [2.75, 3.05) is 12.4 Å². The van der Waals surface area contributed by atoms with Crippen molar-refractivity contribution in [3.8, 4) is 0 Å². The Hall–Kier alpha value is -2.55. The van der Waals surface area contributed by atoms with Crippen molar-refractivity contribution in [2.45, 2.75) is 56.2 Å². The maximum atomic E-state index is 13.3. The number of carboxylic acid groups (broad SMARTS) is 1. The molecule has 1 saturated heterocycles. The minimum atomic E-state index is -4.64. The number of thioether (sulfide) groups is 1. The van der Waals surface area contributed by atoms with Crippen LogP contribution in [-0.2, 0) is 36.6 Å². The molecule has 2 fully saturated rings. The van der Waals surface area contributed by atoms with Crippen LogP contribution in [-0.4, -0.2) is 67.3 Å². The highest BCUT2D eigenvalue weighted by Crippen LogP contribution is 2.47. The van der Waals surface area contributed by atoms with Crippen LogP contribution in [0.3, 0.4) is 0 Å². The lowest BCUT2D eigenvalue weighted by molar-refractivity contribution is -0.151. The maximum absolute atomic E-state index is 13.3. The second kappa shape index (κ2) is 9.48. The zero-order valence-corrected chi connectivity index (χ0v) is 20.6. The summed E-state index contributed by atoms with van der Waals surface area (Å²) in [6.45, 7) is 0.807. The van der Waals surface area contributed by atoms with Crippen LogP contribution in [0.25, 0.3) is 0 Å². The molecular weight excluding hydrogens is 561 g/mol. The fraction of sp³-hybridized carbons (Fsp3) is 0.550. The Bertz CT molecular complexity index is 1130. The summed E-state index contributed by atoms with van der Waals surface area (Å²) in [5.74, 6) is -3.02. The van der Waals surface area contributed by atoms with Crippen molar-refractivity contribution < 1.29 is 42.2 Å². The normalized spacial score (nSPS) is 22.0. The molecule has 1 aromatic rings. The summed E-state index contributed by atoms with van der Waals surface area (Å²) in [6, 6.07) is -0.977. The molecule has 35 heavy (non-hydrogen) atoms. The number of aromatic nitrogens is 2. The second-order valence-electron chi connectivity index (χ2n) is 8.29. The molecule has 0 radical (unpaired) electrons. The number of rotatable bonds is 8. The van der Waals surface area contributed by atoms with Gasteiger partial charge in [-0.25, -0.2) is 4.79 Å². The summed E-state index contributed by atoms with van der Waals surface area (Å²) >= 11 is 4.21. The zero-order chi connectivity index (χ0) is 25.7. The van der Waals surface area contributed by atoms with Gasteiger partial charge in [-0.05, 0) is 28.8 Å². The van der Waals surface area contributed by atoms with Crippen molar-refractivity contribution in [1.82, 2.24) is 20.0 Å². The highest BCUT2D eigenvalue weighted by atomic mass is 79.9. The third kappa shape index (κ3) is 5.06. The monoisotopic (exact) mass is 580 g/mol. The number of halogens is 4. The van der Waals surface area contributed by atoms with Gasteiger partial charge in [-0.1, -0.05) is 0 Å². The number of aliphatic carboxylic acids is 1. The zero-order valence-electron chi connectivity index (χ0n) is 18.2. The molecule has 3 heterocycles. The number of carboxylic acids is 1. The Kier molecular flexibility index (Phi) is 6.92. The molecule has 0 unspecified atom stereocenters. The molecule has 0 spiro atoms. The number of carbonyl (C=O) groups excluding carboxylic acids is 3. The molecule has 15 heteroatoms. The van der Waals surface area contributed by atoms with Crippen molar-refractivity contribution in [3.63, 3.8) is 0 Å². The van der Waals surface area contributed by atoms with Crippen LogP contribution in [0.5, 0.6) is 0 Å². The number of nitrogens with one attached hydrogen (secondary N) is 1. The number of hydrogen-bond acceptors (Lipinski definition) is 7. The van der Waals surface area contributed by atoms with Crippen molar-refractivity contribution in [1.29, 1.82) is 0 Å². The molecule has 0 bridgehead atoms. The smallest absolute Gasteiger partial charge is 0.436 e. The predicted octanol–water partition coefficient (Wildman–Crippen LogP) is 2.23. The minimum absolute atomic E-state index is 0.0566. The van der Waals surface area contributed by atoms with Crippen LogP contribution in [0.2, 0.25) is 0 Å². The SMILES string of the molecule is CC(=O)OCC1=C(C(=O)O)N2C(=O)[C@H](NC(=O)CCn3nc(C(F)(F)F)c(Br)c3C3CC3)[C@@H]2SC1.